The number of pyridine rings is 1. The smallest absolute Gasteiger partial charge is 0.493 e. The lowest BCUT2D eigenvalue weighted by Gasteiger charge is -2.30. The van der Waals surface area contributed by atoms with Gasteiger partial charge in [0.25, 0.3) is 0 Å². The van der Waals surface area contributed by atoms with Gasteiger partial charge in [0.2, 0.25) is 0 Å². The number of rotatable bonds is 4. The highest BCUT2D eigenvalue weighted by molar-refractivity contribution is 5.52. The van der Waals surface area contributed by atoms with Crippen LogP contribution >= 0.6 is 0 Å². The zero-order chi connectivity index (χ0) is 18.0. The molecule has 0 radical (unpaired) electrons. The highest BCUT2D eigenvalue weighted by Gasteiger charge is 2.31. The van der Waals surface area contributed by atoms with Crippen LogP contribution in [0.15, 0.2) is 30.5 Å². The van der Waals surface area contributed by atoms with Gasteiger partial charge in [0, 0.05) is 13.1 Å². The van der Waals surface area contributed by atoms with E-state index in [1.54, 1.807) is 14.2 Å². The first-order valence-corrected chi connectivity index (χ1v) is 7.60. The molecule has 134 valence electrons. The Morgan fingerprint density at radius 3 is 2.28 bits per heavy atom. The summed E-state index contributed by atoms with van der Waals surface area (Å²) >= 11 is 0. The van der Waals surface area contributed by atoms with Gasteiger partial charge >= 0.3 is 6.36 Å². The average Bonchev–Trinajstić information content (AvgIpc) is 2.59. The number of ether oxygens (including phenoxy) is 3. The van der Waals surface area contributed by atoms with E-state index in [4.69, 9.17) is 9.47 Å². The van der Waals surface area contributed by atoms with Crippen LogP contribution < -0.4 is 19.1 Å². The first-order chi connectivity index (χ1) is 11.9. The van der Waals surface area contributed by atoms with Crippen molar-refractivity contribution in [2.75, 3.05) is 25.7 Å². The summed E-state index contributed by atoms with van der Waals surface area (Å²) in [7, 11) is 3.17. The molecule has 0 saturated carbocycles. The van der Waals surface area contributed by atoms with E-state index >= 15 is 0 Å². The van der Waals surface area contributed by atoms with Crippen molar-refractivity contribution < 1.29 is 27.4 Å². The molecule has 2 heterocycles. The molecule has 2 aromatic rings. The van der Waals surface area contributed by atoms with Crippen LogP contribution in [0.1, 0.15) is 11.1 Å². The minimum absolute atomic E-state index is 0.333. The van der Waals surface area contributed by atoms with Crippen LogP contribution in [0.2, 0.25) is 0 Å². The van der Waals surface area contributed by atoms with Gasteiger partial charge in [-0.2, -0.15) is 0 Å². The Balaban J connectivity index is 1.78. The Bertz CT molecular complexity index is 748. The molecule has 5 nitrogen and oxygen atoms in total. The second kappa shape index (κ2) is 6.70. The predicted molar refractivity (Wildman–Crippen MR) is 85.2 cm³/mol. The Hall–Kier alpha value is -2.64. The maximum absolute atomic E-state index is 12.2. The first-order valence-electron chi connectivity index (χ1n) is 7.60. The average molecular weight is 354 g/mol. The fourth-order valence-corrected chi connectivity index (χ4v) is 2.83. The summed E-state index contributed by atoms with van der Waals surface area (Å²) in [6.45, 7) is 1.29. The van der Waals surface area contributed by atoms with Gasteiger partial charge in [-0.1, -0.05) is 0 Å². The van der Waals surface area contributed by atoms with E-state index in [0.717, 1.165) is 23.7 Å². The Morgan fingerprint density at radius 1 is 1.04 bits per heavy atom. The number of halogens is 3. The van der Waals surface area contributed by atoms with Crippen molar-refractivity contribution in [2.24, 2.45) is 0 Å². The Labute approximate surface area is 142 Å². The molecule has 0 unspecified atom stereocenters. The summed E-state index contributed by atoms with van der Waals surface area (Å²) in [6.07, 6.45) is -2.87. The van der Waals surface area contributed by atoms with Crippen molar-refractivity contribution in [3.8, 4) is 17.2 Å². The molecule has 1 aliphatic heterocycles. The molecule has 1 aromatic carbocycles. The molecule has 1 aromatic heterocycles. The van der Waals surface area contributed by atoms with Gasteiger partial charge < -0.3 is 19.1 Å². The molecule has 0 bridgehead atoms. The van der Waals surface area contributed by atoms with E-state index in [2.05, 4.69) is 9.72 Å². The van der Waals surface area contributed by atoms with Gasteiger partial charge in [-0.05, 0) is 41.8 Å². The summed E-state index contributed by atoms with van der Waals surface area (Å²) in [5.74, 6) is 1.58. The van der Waals surface area contributed by atoms with E-state index in [1.807, 2.05) is 17.0 Å². The van der Waals surface area contributed by atoms with Crippen LogP contribution in [0.5, 0.6) is 17.2 Å². The molecule has 0 atom stereocenters. The molecule has 3 rings (SSSR count). The van der Waals surface area contributed by atoms with Crippen molar-refractivity contribution in [1.82, 2.24) is 4.98 Å². The van der Waals surface area contributed by atoms with Crippen LogP contribution in [0.3, 0.4) is 0 Å². The van der Waals surface area contributed by atoms with E-state index in [1.165, 1.54) is 12.1 Å². The van der Waals surface area contributed by atoms with Crippen molar-refractivity contribution in [2.45, 2.75) is 19.3 Å². The van der Waals surface area contributed by atoms with E-state index < -0.39 is 6.36 Å². The largest absolute Gasteiger partial charge is 0.573 e. The van der Waals surface area contributed by atoms with Crippen molar-refractivity contribution in [3.63, 3.8) is 0 Å². The van der Waals surface area contributed by atoms with Crippen molar-refractivity contribution >= 4 is 5.82 Å². The third-order valence-electron chi connectivity index (χ3n) is 4.00. The zero-order valence-electron chi connectivity index (χ0n) is 13.8. The predicted octanol–water partition coefficient (Wildman–Crippen LogP) is 3.56. The minimum atomic E-state index is -4.72. The molecular formula is C17H17F3N2O3. The van der Waals surface area contributed by atoms with Crippen molar-refractivity contribution in [1.29, 1.82) is 0 Å². The molecule has 25 heavy (non-hydrogen) atoms. The van der Waals surface area contributed by atoms with Crippen LogP contribution in [0.25, 0.3) is 0 Å². The monoisotopic (exact) mass is 354 g/mol. The number of alkyl halides is 3. The van der Waals surface area contributed by atoms with E-state index in [-0.39, 0.29) is 5.75 Å². The number of aromatic nitrogens is 1. The molecular weight excluding hydrogens is 337 g/mol. The third-order valence-corrected chi connectivity index (χ3v) is 4.00. The van der Waals surface area contributed by atoms with Crippen LogP contribution in [0, 0.1) is 0 Å². The molecule has 0 spiro atoms. The lowest BCUT2D eigenvalue weighted by Crippen LogP contribution is -2.31. The number of anilines is 1. The lowest BCUT2D eigenvalue weighted by atomic mass is 9.99. The second-order valence-electron chi connectivity index (χ2n) is 5.55. The van der Waals surface area contributed by atoms with Crippen LogP contribution in [-0.2, 0) is 13.0 Å². The van der Waals surface area contributed by atoms with Crippen LogP contribution in [0.4, 0.5) is 19.0 Å². The maximum Gasteiger partial charge on any atom is 0.573 e. The van der Waals surface area contributed by atoms with Crippen molar-refractivity contribution in [3.05, 3.63) is 41.6 Å². The first kappa shape index (κ1) is 17.2. The third kappa shape index (κ3) is 3.89. The maximum atomic E-state index is 12.2. The SMILES string of the molecule is COc1cc2c(cc1OC)CN(c1ccc(OC(F)(F)F)cn1)CC2. The summed E-state index contributed by atoms with van der Waals surface area (Å²) in [6, 6.07) is 6.66. The molecule has 0 fully saturated rings. The van der Waals surface area contributed by atoms with Gasteiger partial charge in [-0.3, -0.25) is 0 Å². The lowest BCUT2D eigenvalue weighted by molar-refractivity contribution is -0.274. The van der Waals surface area contributed by atoms with Gasteiger partial charge in [0.1, 0.15) is 11.6 Å². The highest BCUT2D eigenvalue weighted by Crippen LogP contribution is 2.34. The van der Waals surface area contributed by atoms with Gasteiger partial charge in [0.15, 0.2) is 11.5 Å². The fraction of sp³-hybridized carbons (Fsp3) is 0.353. The molecule has 0 amide bonds. The fourth-order valence-electron chi connectivity index (χ4n) is 2.83. The molecule has 0 N–H and O–H groups in total. The standard InChI is InChI=1S/C17H17F3N2O3/c1-23-14-7-11-5-6-22(10-12(11)8-15(14)24-2)16-4-3-13(9-21-16)25-17(18,19)20/h3-4,7-9H,5-6,10H2,1-2H3. The normalized spacial score (nSPS) is 14.0. The number of benzene rings is 1. The molecule has 1 aliphatic rings. The summed E-state index contributed by atoms with van der Waals surface area (Å²) in [5, 5.41) is 0. The minimum Gasteiger partial charge on any atom is -0.493 e. The zero-order valence-corrected chi connectivity index (χ0v) is 13.8. The van der Waals surface area contributed by atoms with Gasteiger partial charge in [-0.25, -0.2) is 4.98 Å². The number of fused-ring (bicyclic) bond motifs is 1. The Kier molecular flexibility index (Phi) is 4.61. The quantitative estimate of drug-likeness (QED) is 0.840. The molecule has 0 aliphatic carbocycles. The number of nitrogens with zero attached hydrogens (tertiary/aromatic N) is 2. The molecule has 8 heteroatoms. The van der Waals surface area contributed by atoms with Crippen LogP contribution in [-0.4, -0.2) is 32.1 Å². The number of hydrogen-bond acceptors (Lipinski definition) is 5. The van der Waals surface area contributed by atoms with Gasteiger partial charge in [0.05, 0.1) is 20.4 Å². The molecule has 0 saturated heterocycles. The number of methoxy groups -OCH3 is 2. The number of hydrogen-bond donors (Lipinski definition) is 0. The van der Waals surface area contributed by atoms with Gasteiger partial charge in [-0.15, -0.1) is 13.2 Å². The second-order valence-corrected chi connectivity index (χ2v) is 5.55. The Morgan fingerprint density at radius 2 is 1.72 bits per heavy atom. The van der Waals surface area contributed by atoms with E-state index in [0.29, 0.717) is 30.4 Å². The van der Waals surface area contributed by atoms with E-state index in [9.17, 15) is 13.2 Å². The highest BCUT2D eigenvalue weighted by atomic mass is 19.4. The summed E-state index contributed by atoms with van der Waals surface area (Å²) in [5.41, 5.74) is 2.23. The summed E-state index contributed by atoms with van der Waals surface area (Å²) in [4.78, 5) is 6.07. The summed E-state index contributed by atoms with van der Waals surface area (Å²) < 4.78 is 51.1. The topological polar surface area (TPSA) is 43.8 Å².